The second-order valence-corrected chi connectivity index (χ2v) is 8.24. The molecule has 1 unspecified atom stereocenters. The first-order valence-corrected chi connectivity index (χ1v) is 9.25. The predicted molar refractivity (Wildman–Crippen MR) is 79.7 cm³/mol. The largest absolute Gasteiger partial charge is 0.338 e. The molecule has 0 saturated carbocycles. The molecule has 0 N–H and O–H groups in total. The molecule has 0 spiro atoms. The van der Waals surface area contributed by atoms with Crippen LogP contribution in [0.3, 0.4) is 0 Å². The lowest BCUT2D eigenvalue weighted by Gasteiger charge is -2.36. The van der Waals surface area contributed by atoms with E-state index in [1.807, 2.05) is 11.8 Å². The fourth-order valence-electron chi connectivity index (χ4n) is 2.02. The van der Waals surface area contributed by atoms with Crippen molar-refractivity contribution in [3.8, 4) is 0 Å². The Hall–Kier alpha value is -0.530. The summed E-state index contributed by atoms with van der Waals surface area (Å²) >= 11 is 7.65. The molecule has 0 amide bonds. The summed E-state index contributed by atoms with van der Waals surface area (Å²) in [7, 11) is -3.15. The van der Waals surface area contributed by atoms with Crippen molar-refractivity contribution in [2.24, 2.45) is 0 Å². The highest BCUT2D eigenvalue weighted by atomic mass is 35.5. The molecule has 0 aliphatic carbocycles. The van der Waals surface area contributed by atoms with E-state index in [4.69, 9.17) is 11.6 Å². The number of aromatic nitrogens is 2. The Kier molecular flexibility index (Phi) is 4.58. The van der Waals surface area contributed by atoms with Crippen LogP contribution in [0.2, 0.25) is 5.15 Å². The molecule has 2 heterocycles. The molecule has 0 radical (unpaired) electrons. The number of nitrogens with zero attached hydrogens (tertiary/aromatic N) is 3. The molecule has 0 bridgehead atoms. The van der Waals surface area contributed by atoms with E-state index in [2.05, 4.69) is 9.97 Å². The van der Waals surface area contributed by atoms with E-state index in [0.29, 0.717) is 23.3 Å². The Morgan fingerprint density at radius 2 is 2.26 bits per heavy atom. The Morgan fingerprint density at radius 3 is 2.95 bits per heavy atom. The van der Waals surface area contributed by atoms with Crippen molar-refractivity contribution < 1.29 is 8.42 Å². The van der Waals surface area contributed by atoms with Gasteiger partial charge in [-0.05, 0) is 6.92 Å². The van der Waals surface area contributed by atoms with Gasteiger partial charge in [0.15, 0.2) is 9.84 Å². The van der Waals surface area contributed by atoms with Gasteiger partial charge in [-0.2, -0.15) is 11.8 Å². The van der Waals surface area contributed by atoms with Crippen molar-refractivity contribution in [2.75, 3.05) is 28.7 Å². The molecular formula is C11H16ClN3O2S2. The number of sulfone groups is 1. The quantitative estimate of drug-likeness (QED) is 0.790. The summed E-state index contributed by atoms with van der Waals surface area (Å²) in [4.78, 5) is 9.98. The minimum absolute atomic E-state index is 0.132. The number of thioether (sulfide) groups is 1. The van der Waals surface area contributed by atoms with E-state index < -0.39 is 15.2 Å². The smallest absolute Gasteiger partial charge is 0.171 e. The van der Waals surface area contributed by atoms with Crippen molar-refractivity contribution in [2.45, 2.75) is 19.2 Å². The second-order valence-electron chi connectivity index (χ2n) is 4.29. The minimum atomic E-state index is -3.15. The molecular weight excluding hydrogens is 306 g/mol. The third-order valence-electron chi connectivity index (χ3n) is 3.17. The summed E-state index contributed by atoms with van der Waals surface area (Å²) in [5, 5.41) is -0.156. The van der Waals surface area contributed by atoms with Crippen LogP contribution in [0.1, 0.15) is 12.5 Å². The zero-order chi connectivity index (χ0) is 14.0. The molecule has 19 heavy (non-hydrogen) atoms. The predicted octanol–water partition coefficient (Wildman–Crippen LogP) is 1.75. The summed E-state index contributed by atoms with van der Waals surface area (Å²) in [6.07, 6.45) is 1.38. The van der Waals surface area contributed by atoms with E-state index >= 15 is 0 Å². The molecule has 1 aromatic rings. The van der Waals surface area contributed by atoms with Crippen molar-refractivity contribution in [3.05, 3.63) is 17.0 Å². The van der Waals surface area contributed by atoms with E-state index in [9.17, 15) is 8.42 Å². The highest BCUT2D eigenvalue weighted by molar-refractivity contribution is 8.01. The third kappa shape index (κ3) is 2.98. The summed E-state index contributed by atoms with van der Waals surface area (Å²) < 4.78 is 24.4. The SMILES string of the molecule is CCS(=O)(=O)C1CSCCN1c1ncnc(Cl)c1C. The maximum Gasteiger partial charge on any atom is 0.171 e. The lowest BCUT2D eigenvalue weighted by atomic mass is 10.3. The maximum absolute atomic E-state index is 12.2. The Morgan fingerprint density at radius 1 is 1.53 bits per heavy atom. The zero-order valence-electron chi connectivity index (χ0n) is 10.8. The number of hydrogen-bond acceptors (Lipinski definition) is 6. The highest BCUT2D eigenvalue weighted by Gasteiger charge is 2.34. The second kappa shape index (κ2) is 5.85. The average molecular weight is 322 g/mol. The van der Waals surface area contributed by atoms with Gasteiger partial charge in [0.05, 0.1) is 0 Å². The van der Waals surface area contributed by atoms with Crippen molar-refractivity contribution in [1.82, 2.24) is 9.97 Å². The van der Waals surface area contributed by atoms with Gasteiger partial charge in [0, 0.05) is 29.4 Å². The molecule has 2 rings (SSSR count). The molecule has 5 nitrogen and oxygen atoms in total. The summed E-state index contributed by atoms with van der Waals surface area (Å²) in [6, 6.07) is 0. The number of hydrogen-bond donors (Lipinski definition) is 0. The van der Waals surface area contributed by atoms with E-state index in [1.165, 1.54) is 6.33 Å². The highest BCUT2D eigenvalue weighted by Crippen LogP contribution is 2.29. The van der Waals surface area contributed by atoms with Gasteiger partial charge in [-0.3, -0.25) is 0 Å². The van der Waals surface area contributed by atoms with Crippen LogP contribution in [0.25, 0.3) is 0 Å². The normalized spacial score (nSPS) is 20.6. The third-order valence-corrected chi connectivity index (χ3v) is 6.84. The lowest BCUT2D eigenvalue weighted by molar-refractivity contribution is 0.578. The Balaban J connectivity index is 2.43. The summed E-state index contributed by atoms with van der Waals surface area (Å²) in [6.45, 7) is 4.14. The fourth-order valence-corrected chi connectivity index (χ4v) is 5.12. The average Bonchev–Trinajstić information content (AvgIpc) is 2.42. The van der Waals surface area contributed by atoms with Crippen molar-refractivity contribution >= 4 is 39.0 Å². The maximum atomic E-state index is 12.2. The van der Waals surface area contributed by atoms with Crippen LogP contribution in [0.4, 0.5) is 5.82 Å². The molecule has 1 aliphatic heterocycles. The Labute approximate surface area is 122 Å². The molecule has 1 saturated heterocycles. The van der Waals surface area contributed by atoms with Crippen LogP contribution in [0.5, 0.6) is 0 Å². The van der Waals surface area contributed by atoms with Crippen LogP contribution < -0.4 is 4.90 Å². The van der Waals surface area contributed by atoms with Gasteiger partial charge in [0.1, 0.15) is 22.7 Å². The fraction of sp³-hybridized carbons (Fsp3) is 0.636. The van der Waals surface area contributed by atoms with Crippen LogP contribution in [-0.2, 0) is 9.84 Å². The first-order valence-electron chi connectivity index (χ1n) is 6.00. The lowest BCUT2D eigenvalue weighted by Crippen LogP contribution is -2.48. The van der Waals surface area contributed by atoms with Gasteiger partial charge in [0.2, 0.25) is 0 Å². The standard InChI is InChI=1S/C11H16ClN3O2S2/c1-3-19(16,17)9-6-18-5-4-15(9)11-8(2)10(12)13-7-14-11/h7,9H,3-6H2,1-2H3. The number of rotatable bonds is 3. The molecule has 0 aromatic carbocycles. The zero-order valence-corrected chi connectivity index (χ0v) is 13.2. The van der Waals surface area contributed by atoms with Gasteiger partial charge in [0.25, 0.3) is 0 Å². The molecule has 1 fully saturated rings. The van der Waals surface area contributed by atoms with Crippen LogP contribution in [0, 0.1) is 6.92 Å². The number of anilines is 1. The summed E-state index contributed by atoms with van der Waals surface area (Å²) in [5.74, 6) is 2.21. The van der Waals surface area contributed by atoms with Gasteiger partial charge in [-0.1, -0.05) is 18.5 Å². The van der Waals surface area contributed by atoms with Gasteiger partial charge < -0.3 is 4.90 Å². The molecule has 8 heteroatoms. The van der Waals surface area contributed by atoms with Gasteiger partial charge in [-0.15, -0.1) is 0 Å². The monoisotopic (exact) mass is 321 g/mol. The minimum Gasteiger partial charge on any atom is -0.338 e. The van der Waals surface area contributed by atoms with E-state index in [0.717, 1.165) is 11.3 Å². The topological polar surface area (TPSA) is 63.2 Å². The number of halogens is 1. The summed E-state index contributed by atoms with van der Waals surface area (Å²) in [5.41, 5.74) is 0.729. The van der Waals surface area contributed by atoms with E-state index in [1.54, 1.807) is 18.7 Å². The first-order chi connectivity index (χ1) is 8.97. The van der Waals surface area contributed by atoms with Crippen LogP contribution in [-0.4, -0.2) is 47.6 Å². The van der Waals surface area contributed by atoms with Crippen molar-refractivity contribution in [1.29, 1.82) is 0 Å². The van der Waals surface area contributed by atoms with Gasteiger partial charge in [-0.25, -0.2) is 18.4 Å². The molecule has 106 valence electrons. The van der Waals surface area contributed by atoms with Crippen LogP contribution >= 0.6 is 23.4 Å². The molecule has 1 aromatic heterocycles. The first kappa shape index (κ1) is 14.9. The molecule has 1 aliphatic rings. The van der Waals surface area contributed by atoms with Crippen LogP contribution in [0.15, 0.2) is 6.33 Å². The van der Waals surface area contributed by atoms with Gasteiger partial charge >= 0.3 is 0 Å². The van der Waals surface area contributed by atoms with E-state index in [-0.39, 0.29) is 5.75 Å². The Bertz CT molecular complexity index is 565. The van der Waals surface area contributed by atoms with Crippen molar-refractivity contribution in [3.63, 3.8) is 0 Å². The molecule has 1 atom stereocenters.